The summed E-state index contributed by atoms with van der Waals surface area (Å²) in [6.07, 6.45) is 0. The highest BCUT2D eigenvalue weighted by Gasteiger charge is 2.31. The standard InChI is InChI=1S/C22H24N2O2S/c1-14(2)13-26-21(25)19-15(3)23-22(27)24-20(19)18-11-9-17(10-12-18)16-7-5-4-6-8-16/h4-12,14,20H,13H2,1-3H3,(H2,23,24,27). The molecular formula is C22H24N2O2S. The van der Waals surface area contributed by atoms with Crippen molar-refractivity contribution < 1.29 is 9.53 Å². The van der Waals surface area contributed by atoms with E-state index in [1.165, 1.54) is 0 Å². The number of carbonyl (C=O) groups excluding carboxylic acids is 1. The van der Waals surface area contributed by atoms with Gasteiger partial charge >= 0.3 is 5.97 Å². The van der Waals surface area contributed by atoms with E-state index in [2.05, 4.69) is 34.9 Å². The second-order valence-corrected chi connectivity index (χ2v) is 7.46. The Hall–Kier alpha value is -2.66. The predicted molar refractivity (Wildman–Crippen MR) is 112 cm³/mol. The highest BCUT2D eigenvalue weighted by molar-refractivity contribution is 7.80. The molecule has 5 heteroatoms. The number of thiocarbonyl (C=S) groups is 1. The summed E-state index contributed by atoms with van der Waals surface area (Å²) in [6.45, 7) is 6.27. The van der Waals surface area contributed by atoms with E-state index in [0.717, 1.165) is 22.4 Å². The molecule has 2 N–H and O–H groups in total. The molecule has 0 fully saturated rings. The molecular weight excluding hydrogens is 356 g/mol. The molecule has 2 aromatic rings. The van der Waals surface area contributed by atoms with Crippen LogP contribution in [0.3, 0.4) is 0 Å². The summed E-state index contributed by atoms with van der Waals surface area (Å²) in [6, 6.07) is 18.0. The van der Waals surface area contributed by atoms with Crippen molar-refractivity contribution in [1.82, 2.24) is 10.6 Å². The Morgan fingerprint density at radius 3 is 2.33 bits per heavy atom. The average Bonchev–Trinajstić information content (AvgIpc) is 2.66. The largest absolute Gasteiger partial charge is 0.462 e. The first kappa shape index (κ1) is 19.1. The number of benzene rings is 2. The number of hydrogen-bond acceptors (Lipinski definition) is 3. The molecule has 1 atom stereocenters. The van der Waals surface area contributed by atoms with Crippen LogP contribution in [-0.2, 0) is 9.53 Å². The molecule has 140 valence electrons. The van der Waals surface area contributed by atoms with Gasteiger partial charge in [-0.1, -0.05) is 68.4 Å². The molecule has 0 radical (unpaired) electrons. The van der Waals surface area contributed by atoms with Crippen molar-refractivity contribution in [2.24, 2.45) is 5.92 Å². The number of hydrogen-bond donors (Lipinski definition) is 2. The van der Waals surface area contributed by atoms with Crippen LogP contribution in [-0.4, -0.2) is 17.7 Å². The minimum absolute atomic E-state index is 0.282. The van der Waals surface area contributed by atoms with Crippen molar-refractivity contribution in [3.63, 3.8) is 0 Å². The van der Waals surface area contributed by atoms with Crippen LogP contribution in [0.15, 0.2) is 65.9 Å². The number of ether oxygens (including phenoxy) is 1. The molecule has 3 rings (SSSR count). The van der Waals surface area contributed by atoms with E-state index in [9.17, 15) is 4.79 Å². The van der Waals surface area contributed by atoms with Gasteiger partial charge in [0.05, 0.1) is 18.2 Å². The van der Waals surface area contributed by atoms with Crippen LogP contribution in [0.4, 0.5) is 0 Å². The molecule has 1 aliphatic rings. The summed E-state index contributed by atoms with van der Waals surface area (Å²) in [7, 11) is 0. The maximum Gasteiger partial charge on any atom is 0.338 e. The number of carbonyl (C=O) groups is 1. The first-order valence-electron chi connectivity index (χ1n) is 9.06. The third-order valence-corrected chi connectivity index (χ3v) is 4.61. The van der Waals surface area contributed by atoms with E-state index in [1.54, 1.807) is 0 Å². The molecule has 2 aromatic carbocycles. The molecule has 0 spiro atoms. The van der Waals surface area contributed by atoms with Crippen molar-refractivity contribution in [3.8, 4) is 11.1 Å². The lowest BCUT2D eigenvalue weighted by Crippen LogP contribution is -2.45. The van der Waals surface area contributed by atoms with Crippen LogP contribution in [0.25, 0.3) is 11.1 Å². The fourth-order valence-electron chi connectivity index (χ4n) is 3.03. The second-order valence-electron chi connectivity index (χ2n) is 7.05. The molecule has 0 aromatic heterocycles. The molecule has 0 amide bonds. The predicted octanol–water partition coefficient (Wildman–Crippen LogP) is 4.35. The molecule has 1 unspecified atom stereocenters. The minimum atomic E-state index is -0.330. The molecule has 0 bridgehead atoms. The van der Waals surface area contributed by atoms with Crippen LogP contribution in [0.5, 0.6) is 0 Å². The zero-order chi connectivity index (χ0) is 19.4. The lowest BCUT2D eigenvalue weighted by molar-refractivity contribution is -0.140. The van der Waals surface area contributed by atoms with Gasteiger partial charge < -0.3 is 15.4 Å². The van der Waals surface area contributed by atoms with Crippen LogP contribution in [0, 0.1) is 5.92 Å². The molecule has 0 saturated heterocycles. The molecule has 1 aliphatic heterocycles. The third-order valence-electron chi connectivity index (χ3n) is 4.39. The summed E-state index contributed by atoms with van der Waals surface area (Å²) >= 11 is 5.30. The Morgan fingerprint density at radius 2 is 1.70 bits per heavy atom. The van der Waals surface area contributed by atoms with Gasteiger partial charge in [0.15, 0.2) is 5.11 Å². The average molecular weight is 381 g/mol. The van der Waals surface area contributed by atoms with Gasteiger partial charge in [0.25, 0.3) is 0 Å². The number of esters is 1. The minimum Gasteiger partial charge on any atom is -0.462 e. The summed E-state index contributed by atoms with van der Waals surface area (Å²) in [5, 5.41) is 6.74. The van der Waals surface area contributed by atoms with E-state index in [0.29, 0.717) is 17.3 Å². The molecule has 0 saturated carbocycles. The topological polar surface area (TPSA) is 50.4 Å². The first-order chi connectivity index (χ1) is 13.0. The smallest absolute Gasteiger partial charge is 0.338 e. The Bertz CT molecular complexity index is 858. The molecule has 4 nitrogen and oxygen atoms in total. The Labute approximate surface area is 165 Å². The molecule has 0 aliphatic carbocycles. The SMILES string of the molecule is CC1=C(C(=O)OCC(C)C)C(c2ccc(-c3ccccc3)cc2)NC(=S)N1. The highest BCUT2D eigenvalue weighted by atomic mass is 32.1. The maximum absolute atomic E-state index is 12.7. The summed E-state index contributed by atoms with van der Waals surface area (Å²) in [5.74, 6) is -0.0371. The summed E-state index contributed by atoms with van der Waals surface area (Å²) in [5.41, 5.74) is 4.54. The van der Waals surface area contributed by atoms with Crippen LogP contribution >= 0.6 is 12.2 Å². The van der Waals surface area contributed by atoms with Crippen LogP contribution < -0.4 is 10.6 Å². The van der Waals surface area contributed by atoms with Gasteiger partial charge in [-0.15, -0.1) is 0 Å². The van der Waals surface area contributed by atoms with Crippen molar-refractivity contribution >= 4 is 23.3 Å². The lowest BCUT2D eigenvalue weighted by Gasteiger charge is -2.30. The monoisotopic (exact) mass is 380 g/mol. The van der Waals surface area contributed by atoms with Crippen molar-refractivity contribution in [3.05, 3.63) is 71.4 Å². The fraction of sp³-hybridized carbons (Fsp3) is 0.273. The maximum atomic E-state index is 12.7. The summed E-state index contributed by atoms with van der Waals surface area (Å²) in [4.78, 5) is 12.7. The summed E-state index contributed by atoms with van der Waals surface area (Å²) < 4.78 is 5.47. The number of rotatable bonds is 5. The first-order valence-corrected chi connectivity index (χ1v) is 9.47. The van der Waals surface area contributed by atoms with Gasteiger partial charge in [-0.05, 0) is 41.7 Å². The van der Waals surface area contributed by atoms with Gasteiger partial charge in [-0.3, -0.25) is 0 Å². The van der Waals surface area contributed by atoms with Crippen LogP contribution in [0.1, 0.15) is 32.4 Å². The van der Waals surface area contributed by atoms with Gasteiger partial charge in [-0.2, -0.15) is 0 Å². The van der Waals surface area contributed by atoms with E-state index in [1.807, 2.05) is 51.1 Å². The second kappa shape index (κ2) is 8.35. The Balaban J connectivity index is 1.89. The van der Waals surface area contributed by atoms with E-state index in [4.69, 9.17) is 17.0 Å². The van der Waals surface area contributed by atoms with E-state index < -0.39 is 0 Å². The Kier molecular flexibility index (Phi) is 5.91. The van der Waals surface area contributed by atoms with Crippen LogP contribution in [0.2, 0.25) is 0 Å². The van der Waals surface area contributed by atoms with Gasteiger partial charge in [-0.25, -0.2) is 4.79 Å². The van der Waals surface area contributed by atoms with E-state index in [-0.39, 0.29) is 17.9 Å². The normalized spacial score (nSPS) is 16.7. The number of allylic oxidation sites excluding steroid dienone is 1. The van der Waals surface area contributed by atoms with Crippen molar-refractivity contribution in [2.75, 3.05) is 6.61 Å². The Morgan fingerprint density at radius 1 is 1.07 bits per heavy atom. The zero-order valence-corrected chi connectivity index (χ0v) is 16.6. The van der Waals surface area contributed by atoms with E-state index >= 15 is 0 Å². The highest BCUT2D eigenvalue weighted by Crippen LogP contribution is 2.29. The molecule has 1 heterocycles. The van der Waals surface area contributed by atoms with Gasteiger partial charge in [0.1, 0.15) is 0 Å². The third kappa shape index (κ3) is 4.55. The van der Waals surface area contributed by atoms with Crippen molar-refractivity contribution in [1.29, 1.82) is 0 Å². The van der Waals surface area contributed by atoms with Gasteiger partial charge in [0.2, 0.25) is 0 Å². The lowest BCUT2D eigenvalue weighted by atomic mass is 9.94. The van der Waals surface area contributed by atoms with Gasteiger partial charge in [0, 0.05) is 5.70 Å². The molecule has 27 heavy (non-hydrogen) atoms. The zero-order valence-electron chi connectivity index (χ0n) is 15.8. The van der Waals surface area contributed by atoms with Crippen molar-refractivity contribution in [2.45, 2.75) is 26.8 Å². The fourth-order valence-corrected chi connectivity index (χ4v) is 3.30. The number of nitrogens with one attached hydrogen (secondary N) is 2. The quantitative estimate of drug-likeness (QED) is 0.597.